The molecule has 1 heterocycles. The minimum atomic E-state index is -0.715. The van der Waals surface area contributed by atoms with Crippen LogP contribution < -0.4 is 0 Å². The van der Waals surface area contributed by atoms with Gasteiger partial charge in [-0.2, -0.15) is 0 Å². The van der Waals surface area contributed by atoms with E-state index in [2.05, 4.69) is 5.18 Å². The summed E-state index contributed by atoms with van der Waals surface area (Å²) in [4.78, 5) is 13.2. The molecule has 0 bridgehead atoms. The summed E-state index contributed by atoms with van der Waals surface area (Å²) in [6, 6.07) is 0. The van der Waals surface area contributed by atoms with E-state index in [0.717, 1.165) is 10.1 Å². The predicted molar refractivity (Wildman–Crippen MR) is 75.7 cm³/mol. The molecule has 1 rings (SSSR count). The van der Waals surface area contributed by atoms with Crippen LogP contribution in [-0.2, 0) is 0 Å². The Balaban J connectivity index is 3.54. The van der Waals surface area contributed by atoms with Crippen molar-refractivity contribution < 1.29 is 10.4 Å². The Morgan fingerprint density at radius 1 is 1.25 bits per heavy atom. The van der Waals surface area contributed by atoms with E-state index in [1.807, 2.05) is 39.6 Å². The number of rotatable bonds is 2. The number of hydrogen-bond acceptors (Lipinski definition) is 7. The molecule has 116 valence electrons. The first-order chi connectivity index (χ1) is 8.79. The minimum Gasteiger partial charge on any atom is -0.287 e. The number of hydroxylamine groups is 4. The zero-order valence-corrected chi connectivity index (χ0v) is 13.6. The van der Waals surface area contributed by atoms with Crippen molar-refractivity contribution >= 4 is 0 Å². The lowest BCUT2D eigenvalue weighted by molar-refractivity contribution is -0.158. The monoisotopic (exact) mass is 286 g/mol. The second-order valence-electron chi connectivity index (χ2n) is 7.17. The van der Waals surface area contributed by atoms with Crippen molar-refractivity contribution in [3.8, 4) is 0 Å². The quantitative estimate of drug-likeness (QED) is 0.600. The van der Waals surface area contributed by atoms with Crippen LogP contribution in [0, 0.1) is 4.91 Å². The van der Waals surface area contributed by atoms with Crippen LogP contribution in [0.5, 0.6) is 0 Å². The molecule has 0 atom stereocenters. The molecule has 0 aliphatic carbocycles. The molecule has 0 aromatic carbocycles. The van der Waals surface area contributed by atoms with Crippen LogP contribution in [0.15, 0.2) is 16.7 Å². The zero-order valence-electron chi connectivity index (χ0n) is 13.6. The summed E-state index contributed by atoms with van der Waals surface area (Å²) in [6.07, 6.45) is 0. The number of likely N-dealkylation sites (N-methyl/N-ethyl adjacent to an activating group) is 1. The van der Waals surface area contributed by atoms with Crippen LogP contribution in [0.4, 0.5) is 0 Å². The lowest BCUT2D eigenvalue weighted by Gasteiger charge is -2.35. The lowest BCUT2D eigenvalue weighted by Crippen LogP contribution is -2.48. The summed E-state index contributed by atoms with van der Waals surface area (Å²) >= 11 is 0. The fourth-order valence-corrected chi connectivity index (χ4v) is 2.39. The molecule has 0 saturated carbocycles. The Labute approximate surface area is 120 Å². The second kappa shape index (κ2) is 4.68. The fourth-order valence-electron chi connectivity index (χ4n) is 2.39. The summed E-state index contributed by atoms with van der Waals surface area (Å²) in [5, 5.41) is 25.4. The summed E-state index contributed by atoms with van der Waals surface area (Å²) in [5.74, 6) is -0.178. The molecule has 0 unspecified atom stereocenters. The van der Waals surface area contributed by atoms with Gasteiger partial charge in [-0.15, -0.1) is 4.91 Å². The molecule has 0 aromatic heterocycles. The third kappa shape index (κ3) is 2.30. The smallest absolute Gasteiger partial charge is 0.221 e. The van der Waals surface area contributed by atoms with Gasteiger partial charge in [0.15, 0.2) is 0 Å². The van der Waals surface area contributed by atoms with E-state index in [0.29, 0.717) is 0 Å². The van der Waals surface area contributed by atoms with Gasteiger partial charge < -0.3 is 0 Å². The first kappa shape index (κ1) is 16.9. The van der Waals surface area contributed by atoms with E-state index in [1.54, 1.807) is 20.8 Å². The number of nitrogens with zero attached hydrogens (tertiary/aromatic N) is 4. The van der Waals surface area contributed by atoms with Gasteiger partial charge in [-0.05, 0) is 60.7 Å². The van der Waals surface area contributed by atoms with Gasteiger partial charge in [0.05, 0.1) is 11.1 Å². The standard InChI is InChI=1S/C13H26N4O3/c1-11(2,3)17(20)10(14-18)9-12(4,5)15(8)13(6,7)16(9)19/h19-20H,1-8H3/b10-9+. The van der Waals surface area contributed by atoms with Gasteiger partial charge in [-0.1, -0.05) is 0 Å². The van der Waals surface area contributed by atoms with Gasteiger partial charge in [-0.25, -0.2) is 10.1 Å². The topological polar surface area (TPSA) is 79.6 Å². The molecule has 2 N–H and O–H groups in total. The van der Waals surface area contributed by atoms with E-state index in [9.17, 15) is 15.3 Å². The van der Waals surface area contributed by atoms with E-state index in [1.165, 1.54) is 0 Å². The third-order valence-electron chi connectivity index (χ3n) is 4.10. The molecular weight excluding hydrogens is 260 g/mol. The fraction of sp³-hybridized carbons (Fsp3) is 0.846. The molecular formula is C13H26N4O3. The molecule has 1 fully saturated rings. The molecule has 1 saturated heterocycles. The zero-order chi connectivity index (χ0) is 16.1. The molecule has 1 aliphatic heterocycles. The van der Waals surface area contributed by atoms with Crippen LogP contribution in [0.3, 0.4) is 0 Å². The van der Waals surface area contributed by atoms with Crippen molar-refractivity contribution in [1.29, 1.82) is 0 Å². The average Bonchev–Trinajstić information content (AvgIpc) is 2.41. The molecule has 0 spiro atoms. The van der Waals surface area contributed by atoms with Crippen LogP contribution in [-0.4, -0.2) is 49.2 Å². The first-order valence-corrected chi connectivity index (χ1v) is 6.60. The number of nitroso groups, excluding NO2 is 1. The van der Waals surface area contributed by atoms with Crippen molar-refractivity contribution in [3.63, 3.8) is 0 Å². The van der Waals surface area contributed by atoms with Crippen LogP contribution in [0.2, 0.25) is 0 Å². The maximum absolute atomic E-state index is 11.3. The molecule has 20 heavy (non-hydrogen) atoms. The van der Waals surface area contributed by atoms with E-state index in [4.69, 9.17) is 0 Å². The third-order valence-corrected chi connectivity index (χ3v) is 4.10. The SMILES string of the molecule is CN1C(C)(C)/C(=C(/N=O)N(O)C(C)(C)C)N(O)C1(C)C. The lowest BCUT2D eigenvalue weighted by atomic mass is 9.99. The molecule has 7 nitrogen and oxygen atoms in total. The van der Waals surface area contributed by atoms with E-state index in [-0.39, 0.29) is 11.5 Å². The largest absolute Gasteiger partial charge is 0.287 e. The normalized spacial score (nSPS) is 24.8. The highest BCUT2D eigenvalue weighted by atomic mass is 16.5. The maximum atomic E-state index is 11.3. The highest BCUT2D eigenvalue weighted by molar-refractivity contribution is 5.28. The molecule has 0 amide bonds. The first-order valence-electron chi connectivity index (χ1n) is 6.60. The van der Waals surface area contributed by atoms with Gasteiger partial charge >= 0.3 is 0 Å². The second-order valence-corrected chi connectivity index (χ2v) is 7.17. The predicted octanol–water partition coefficient (Wildman–Crippen LogP) is 2.56. The van der Waals surface area contributed by atoms with Crippen molar-refractivity contribution in [2.24, 2.45) is 5.18 Å². The Hall–Kier alpha value is -1.18. The van der Waals surface area contributed by atoms with Crippen molar-refractivity contribution in [3.05, 3.63) is 16.4 Å². The Morgan fingerprint density at radius 3 is 1.95 bits per heavy atom. The van der Waals surface area contributed by atoms with Gasteiger partial charge in [-0.3, -0.25) is 15.3 Å². The summed E-state index contributed by atoms with van der Waals surface area (Å²) in [5.41, 5.74) is -1.81. The minimum absolute atomic E-state index is 0.178. The van der Waals surface area contributed by atoms with Gasteiger partial charge in [0.1, 0.15) is 11.4 Å². The highest BCUT2D eigenvalue weighted by Gasteiger charge is 2.54. The maximum Gasteiger partial charge on any atom is 0.221 e. The van der Waals surface area contributed by atoms with Crippen LogP contribution in [0.1, 0.15) is 48.5 Å². The molecule has 0 aromatic rings. The van der Waals surface area contributed by atoms with E-state index >= 15 is 0 Å². The van der Waals surface area contributed by atoms with Gasteiger partial charge in [0.2, 0.25) is 5.82 Å². The Bertz CT molecular complexity index is 437. The molecule has 0 radical (unpaired) electrons. The van der Waals surface area contributed by atoms with Gasteiger partial charge in [0.25, 0.3) is 0 Å². The van der Waals surface area contributed by atoms with Crippen molar-refractivity contribution in [2.45, 2.75) is 65.2 Å². The van der Waals surface area contributed by atoms with Crippen LogP contribution in [0.25, 0.3) is 0 Å². The summed E-state index contributed by atoms with van der Waals surface area (Å²) in [6.45, 7) is 12.6. The van der Waals surface area contributed by atoms with Gasteiger partial charge in [0, 0.05) is 0 Å². The summed E-state index contributed by atoms with van der Waals surface area (Å²) < 4.78 is 0. The Morgan fingerprint density at radius 2 is 1.70 bits per heavy atom. The van der Waals surface area contributed by atoms with Crippen molar-refractivity contribution in [1.82, 2.24) is 15.0 Å². The highest BCUT2D eigenvalue weighted by Crippen LogP contribution is 2.44. The van der Waals surface area contributed by atoms with Crippen LogP contribution >= 0.6 is 0 Å². The number of hydrogen-bond donors (Lipinski definition) is 2. The molecule has 1 aliphatic rings. The molecule has 7 heteroatoms. The van der Waals surface area contributed by atoms with E-state index < -0.39 is 16.7 Å². The average molecular weight is 286 g/mol. The Kier molecular flexibility index (Phi) is 3.95. The summed E-state index contributed by atoms with van der Waals surface area (Å²) in [7, 11) is 1.84. The van der Waals surface area contributed by atoms with Crippen molar-refractivity contribution in [2.75, 3.05) is 7.05 Å².